The second-order valence-electron chi connectivity index (χ2n) is 3.27. The number of benzene rings is 1. The van der Waals surface area contributed by atoms with E-state index in [1.807, 2.05) is 24.3 Å². The zero-order valence-corrected chi connectivity index (χ0v) is 9.93. The molecule has 0 heterocycles. The van der Waals surface area contributed by atoms with Crippen molar-refractivity contribution in [2.45, 2.75) is 12.2 Å². The lowest BCUT2D eigenvalue weighted by molar-refractivity contribution is -0.119. The van der Waals surface area contributed by atoms with Gasteiger partial charge in [0.05, 0.1) is 6.42 Å². The minimum absolute atomic E-state index is 0.0136. The quantitative estimate of drug-likeness (QED) is 0.542. The van der Waals surface area contributed by atoms with E-state index < -0.39 is 0 Å². The summed E-state index contributed by atoms with van der Waals surface area (Å²) in [6.07, 6.45) is 0.366. The molecule has 0 fully saturated rings. The van der Waals surface area contributed by atoms with E-state index in [-0.39, 0.29) is 11.1 Å². The van der Waals surface area contributed by atoms with E-state index in [0.29, 0.717) is 12.2 Å². The Morgan fingerprint density at radius 2 is 2.06 bits per heavy atom. The van der Waals surface area contributed by atoms with E-state index >= 15 is 0 Å². The average molecular weight is 237 g/mol. The lowest BCUT2D eigenvalue weighted by atomic mass is 10.1. The van der Waals surface area contributed by atoms with Gasteiger partial charge in [-0.15, -0.1) is 0 Å². The fourth-order valence-electron chi connectivity index (χ4n) is 1.29. The van der Waals surface area contributed by atoms with Gasteiger partial charge in [-0.2, -0.15) is 0 Å². The summed E-state index contributed by atoms with van der Waals surface area (Å²) in [4.78, 5) is 11.3. The first kappa shape index (κ1) is 12.6. The van der Waals surface area contributed by atoms with E-state index in [0.717, 1.165) is 11.1 Å². The highest BCUT2D eigenvalue weighted by Gasteiger charge is 2.06. The van der Waals surface area contributed by atoms with Crippen LogP contribution in [0.4, 0.5) is 0 Å². The van der Waals surface area contributed by atoms with Crippen molar-refractivity contribution in [2.75, 3.05) is 7.05 Å². The SMILES string of the molecule is CNC(=O)Cc1ccccc1CSC(=N)N. The molecule has 0 unspecified atom stereocenters. The topological polar surface area (TPSA) is 79.0 Å². The Bertz CT molecular complexity index is 393. The third-order valence-corrected chi connectivity index (χ3v) is 2.90. The Labute approximate surface area is 99.1 Å². The molecular formula is C11H15N3OS. The number of thioether (sulfide) groups is 1. The van der Waals surface area contributed by atoms with Gasteiger partial charge in [0.15, 0.2) is 5.17 Å². The molecule has 5 heteroatoms. The first-order valence-corrected chi connectivity index (χ1v) is 5.86. The molecule has 16 heavy (non-hydrogen) atoms. The van der Waals surface area contributed by atoms with E-state index in [9.17, 15) is 4.79 Å². The maximum atomic E-state index is 11.3. The molecular weight excluding hydrogens is 222 g/mol. The molecule has 1 aromatic rings. The third-order valence-electron chi connectivity index (χ3n) is 2.13. The molecule has 0 bridgehead atoms. The van der Waals surface area contributed by atoms with Crippen LogP contribution in [-0.2, 0) is 17.0 Å². The predicted molar refractivity (Wildman–Crippen MR) is 67.4 cm³/mol. The van der Waals surface area contributed by atoms with Crippen LogP contribution in [0.25, 0.3) is 0 Å². The molecule has 1 rings (SSSR count). The van der Waals surface area contributed by atoms with Gasteiger partial charge >= 0.3 is 0 Å². The number of hydrogen-bond acceptors (Lipinski definition) is 3. The molecule has 0 saturated heterocycles. The number of rotatable bonds is 4. The van der Waals surface area contributed by atoms with Gasteiger partial charge in [0, 0.05) is 12.8 Å². The molecule has 0 atom stereocenters. The predicted octanol–water partition coefficient (Wildman–Crippen LogP) is 1.10. The summed E-state index contributed by atoms with van der Waals surface area (Å²) in [5.74, 6) is 0.614. The molecule has 4 nitrogen and oxygen atoms in total. The molecule has 0 spiro atoms. The number of likely N-dealkylation sites (N-methyl/N-ethyl adjacent to an activating group) is 1. The first-order chi connectivity index (χ1) is 7.63. The maximum Gasteiger partial charge on any atom is 0.224 e. The minimum atomic E-state index is -0.0136. The summed E-state index contributed by atoms with van der Waals surface area (Å²) in [6.45, 7) is 0. The van der Waals surface area contributed by atoms with Crippen molar-refractivity contribution in [2.24, 2.45) is 5.73 Å². The van der Waals surface area contributed by atoms with Crippen molar-refractivity contribution in [3.8, 4) is 0 Å². The molecule has 0 saturated carbocycles. The molecule has 0 radical (unpaired) electrons. The van der Waals surface area contributed by atoms with E-state index in [4.69, 9.17) is 11.1 Å². The number of amides is 1. The fourth-order valence-corrected chi connectivity index (χ4v) is 1.88. The summed E-state index contributed by atoms with van der Waals surface area (Å²) in [7, 11) is 1.62. The Morgan fingerprint density at radius 1 is 1.44 bits per heavy atom. The molecule has 86 valence electrons. The number of carbonyl (C=O) groups excluding carboxylic acids is 1. The van der Waals surface area contributed by atoms with E-state index in [1.165, 1.54) is 11.8 Å². The third kappa shape index (κ3) is 3.94. The van der Waals surface area contributed by atoms with Crippen molar-refractivity contribution in [3.63, 3.8) is 0 Å². The van der Waals surface area contributed by atoms with Crippen LogP contribution in [0.1, 0.15) is 11.1 Å². The molecule has 4 N–H and O–H groups in total. The largest absolute Gasteiger partial charge is 0.379 e. The molecule has 0 aliphatic heterocycles. The van der Waals surface area contributed by atoms with Crippen molar-refractivity contribution >= 4 is 22.8 Å². The number of amidine groups is 1. The normalized spacial score (nSPS) is 9.81. The number of hydrogen-bond donors (Lipinski definition) is 3. The highest BCUT2D eigenvalue weighted by atomic mass is 32.2. The molecule has 0 aromatic heterocycles. The summed E-state index contributed by atoms with van der Waals surface area (Å²) in [5, 5.41) is 9.84. The van der Waals surface area contributed by atoms with Crippen molar-refractivity contribution in [1.29, 1.82) is 5.41 Å². The van der Waals surface area contributed by atoms with Gasteiger partial charge in [-0.05, 0) is 11.1 Å². The Kier molecular flexibility index (Phi) is 4.85. The van der Waals surface area contributed by atoms with Crippen LogP contribution in [0.15, 0.2) is 24.3 Å². The Balaban J connectivity index is 2.74. The second kappa shape index (κ2) is 6.17. The first-order valence-electron chi connectivity index (χ1n) is 4.87. The Morgan fingerprint density at radius 3 is 2.62 bits per heavy atom. The lowest BCUT2D eigenvalue weighted by Gasteiger charge is -2.07. The van der Waals surface area contributed by atoms with Gasteiger partial charge in [-0.1, -0.05) is 36.0 Å². The van der Waals surface area contributed by atoms with Crippen LogP contribution in [0, 0.1) is 5.41 Å². The van der Waals surface area contributed by atoms with Gasteiger partial charge in [-0.25, -0.2) is 0 Å². The monoisotopic (exact) mass is 237 g/mol. The smallest absolute Gasteiger partial charge is 0.224 e. The van der Waals surface area contributed by atoms with E-state index in [1.54, 1.807) is 7.05 Å². The van der Waals surface area contributed by atoms with Crippen LogP contribution in [-0.4, -0.2) is 18.1 Å². The van der Waals surface area contributed by atoms with Crippen LogP contribution in [0.2, 0.25) is 0 Å². The van der Waals surface area contributed by atoms with Gasteiger partial charge in [-0.3, -0.25) is 10.2 Å². The van der Waals surface area contributed by atoms with Crippen molar-refractivity contribution in [1.82, 2.24) is 5.32 Å². The number of carbonyl (C=O) groups is 1. The lowest BCUT2D eigenvalue weighted by Crippen LogP contribution is -2.20. The zero-order valence-electron chi connectivity index (χ0n) is 9.12. The highest BCUT2D eigenvalue weighted by molar-refractivity contribution is 8.13. The Hall–Kier alpha value is -1.49. The minimum Gasteiger partial charge on any atom is -0.379 e. The van der Waals surface area contributed by atoms with Crippen molar-refractivity contribution < 1.29 is 4.79 Å². The number of nitrogens with one attached hydrogen (secondary N) is 2. The summed E-state index contributed by atoms with van der Waals surface area (Å²) >= 11 is 1.26. The molecule has 0 aliphatic carbocycles. The van der Waals surface area contributed by atoms with Gasteiger partial charge in [0.2, 0.25) is 5.91 Å². The zero-order chi connectivity index (χ0) is 12.0. The highest BCUT2D eigenvalue weighted by Crippen LogP contribution is 2.16. The maximum absolute atomic E-state index is 11.3. The van der Waals surface area contributed by atoms with Gasteiger partial charge in [0.25, 0.3) is 0 Å². The summed E-state index contributed by atoms with van der Waals surface area (Å²) in [6, 6.07) is 7.70. The van der Waals surface area contributed by atoms with Crippen LogP contribution >= 0.6 is 11.8 Å². The summed E-state index contributed by atoms with van der Waals surface area (Å²) in [5.41, 5.74) is 7.31. The van der Waals surface area contributed by atoms with Gasteiger partial charge < -0.3 is 11.1 Å². The second-order valence-corrected chi connectivity index (χ2v) is 4.29. The van der Waals surface area contributed by atoms with Crippen LogP contribution in [0.5, 0.6) is 0 Å². The molecule has 1 amide bonds. The summed E-state index contributed by atoms with van der Waals surface area (Å²) < 4.78 is 0. The molecule has 0 aliphatic rings. The van der Waals surface area contributed by atoms with Crippen LogP contribution < -0.4 is 11.1 Å². The standard InChI is InChI=1S/C11H15N3OS/c1-14-10(15)6-8-4-2-3-5-9(8)7-16-11(12)13/h2-5H,6-7H2,1H3,(H3,12,13)(H,14,15). The van der Waals surface area contributed by atoms with Crippen LogP contribution in [0.3, 0.4) is 0 Å². The number of nitrogens with two attached hydrogens (primary N) is 1. The van der Waals surface area contributed by atoms with E-state index in [2.05, 4.69) is 5.32 Å². The average Bonchev–Trinajstić information content (AvgIpc) is 2.27. The van der Waals surface area contributed by atoms with Gasteiger partial charge in [0.1, 0.15) is 0 Å². The molecule has 1 aromatic carbocycles. The van der Waals surface area contributed by atoms with Crippen molar-refractivity contribution in [3.05, 3.63) is 35.4 Å². The fraction of sp³-hybridized carbons (Fsp3) is 0.273.